The third-order valence-corrected chi connectivity index (χ3v) is 1.80. The van der Waals surface area contributed by atoms with Gasteiger partial charge in [-0.1, -0.05) is 6.58 Å². The zero-order valence-electron chi connectivity index (χ0n) is 9.84. The van der Waals surface area contributed by atoms with Gasteiger partial charge in [0.1, 0.15) is 0 Å². The normalized spacial score (nSPS) is 12.2. The Kier molecular flexibility index (Phi) is 7.95. The average molecular weight is 215 g/mol. The number of carbonyl (C=O) groups excluding carboxylic acids is 1. The molecule has 4 heteroatoms. The smallest absolute Gasteiger partial charge is 0.334 e. The lowest BCUT2D eigenvalue weighted by Gasteiger charge is -2.14. The molecule has 1 unspecified atom stereocenters. The highest BCUT2D eigenvalue weighted by molar-refractivity contribution is 5.88. The number of esters is 1. The molecule has 0 amide bonds. The molecule has 0 aliphatic rings. The van der Waals surface area contributed by atoms with Gasteiger partial charge < -0.3 is 14.8 Å². The maximum absolute atomic E-state index is 11.2. The van der Waals surface area contributed by atoms with Crippen LogP contribution in [0.15, 0.2) is 12.2 Å². The number of hydrogen-bond acceptors (Lipinski definition) is 4. The van der Waals surface area contributed by atoms with E-state index < -0.39 is 0 Å². The molecule has 0 heterocycles. The summed E-state index contributed by atoms with van der Waals surface area (Å²) in [5, 5.41) is 3.13. The second-order valence-corrected chi connectivity index (χ2v) is 3.27. The molecule has 0 aromatic rings. The highest BCUT2D eigenvalue weighted by atomic mass is 16.5. The molecule has 4 nitrogen and oxygen atoms in total. The minimum atomic E-state index is -0.339. The molecule has 0 saturated carbocycles. The van der Waals surface area contributed by atoms with E-state index in [2.05, 4.69) is 11.9 Å². The molecule has 0 aliphatic carbocycles. The summed E-state index contributed by atoms with van der Waals surface area (Å²) in [6, 6.07) is 0.205. The van der Waals surface area contributed by atoms with Gasteiger partial charge >= 0.3 is 5.97 Å². The predicted octanol–water partition coefficient (Wildman–Crippen LogP) is 1.12. The van der Waals surface area contributed by atoms with Gasteiger partial charge in [0, 0.05) is 24.8 Å². The van der Waals surface area contributed by atoms with Crippen LogP contribution in [0.1, 0.15) is 20.8 Å². The van der Waals surface area contributed by atoms with Crippen LogP contribution in [0.2, 0.25) is 0 Å². The minimum absolute atomic E-state index is 0.205. The fourth-order valence-electron chi connectivity index (χ4n) is 0.956. The Hall–Kier alpha value is -0.870. The van der Waals surface area contributed by atoms with Crippen LogP contribution in [0.3, 0.4) is 0 Å². The lowest BCUT2D eigenvalue weighted by molar-refractivity contribution is -0.138. The average Bonchev–Trinajstić information content (AvgIpc) is 2.23. The summed E-state index contributed by atoms with van der Waals surface area (Å²) in [5.41, 5.74) is 0.445. The number of rotatable bonds is 8. The number of ether oxygens (including phenoxy) is 2. The maximum atomic E-state index is 11.2. The molecule has 15 heavy (non-hydrogen) atoms. The first-order chi connectivity index (χ1) is 7.11. The second kappa shape index (κ2) is 8.44. The fraction of sp³-hybridized carbons (Fsp3) is 0.727. The van der Waals surface area contributed by atoms with Crippen molar-refractivity contribution in [2.75, 3.05) is 26.4 Å². The third kappa shape index (κ3) is 7.11. The Morgan fingerprint density at radius 2 is 2.07 bits per heavy atom. The van der Waals surface area contributed by atoms with Gasteiger partial charge in [0.25, 0.3) is 0 Å². The molecule has 0 aromatic carbocycles. The van der Waals surface area contributed by atoms with Gasteiger partial charge in [0.05, 0.1) is 13.2 Å². The molecular formula is C11H21NO3. The zero-order chi connectivity index (χ0) is 11.7. The van der Waals surface area contributed by atoms with Crippen LogP contribution in [-0.4, -0.2) is 38.4 Å². The molecule has 0 fully saturated rings. The largest absolute Gasteiger partial charge is 0.463 e. The first-order valence-electron chi connectivity index (χ1n) is 5.27. The van der Waals surface area contributed by atoms with E-state index >= 15 is 0 Å². The van der Waals surface area contributed by atoms with Crippen molar-refractivity contribution in [1.82, 2.24) is 5.32 Å². The van der Waals surface area contributed by atoms with Gasteiger partial charge in [-0.15, -0.1) is 0 Å². The Morgan fingerprint density at radius 1 is 1.40 bits per heavy atom. The van der Waals surface area contributed by atoms with Crippen molar-refractivity contribution in [3.63, 3.8) is 0 Å². The summed E-state index contributed by atoms with van der Waals surface area (Å²) in [4.78, 5) is 11.2. The Bertz CT molecular complexity index is 204. The molecule has 0 spiro atoms. The van der Waals surface area contributed by atoms with Crippen molar-refractivity contribution >= 4 is 5.97 Å². The van der Waals surface area contributed by atoms with Crippen LogP contribution in [0.4, 0.5) is 0 Å². The van der Waals surface area contributed by atoms with Crippen molar-refractivity contribution < 1.29 is 14.3 Å². The molecule has 0 bridgehead atoms. The molecule has 0 radical (unpaired) electrons. The molecule has 1 N–H and O–H groups in total. The first kappa shape index (κ1) is 14.1. The maximum Gasteiger partial charge on any atom is 0.334 e. The summed E-state index contributed by atoms with van der Waals surface area (Å²) >= 11 is 0. The molecule has 0 aromatic heterocycles. The van der Waals surface area contributed by atoms with E-state index in [9.17, 15) is 4.79 Å². The number of nitrogens with one attached hydrogen (secondary N) is 1. The Balaban J connectivity index is 3.65. The summed E-state index contributed by atoms with van der Waals surface area (Å²) in [6.45, 7) is 11.5. The summed E-state index contributed by atoms with van der Waals surface area (Å²) < 4.78 is 10.0. The van der Waals surface area contributed by atoms with Gasteiger partial charge in [0.15, 0.2) is 0 Å². The van der Waals surface area contributed by atoms with E-state index in [-0.39, 0.29) is 12.0 Å². The molecule has 1 atom stereocenters. The van der Waals surface area contributed by atoms with E-state index in [0.29, 0.717) is 31.9 Å². The molecule has 0 aliphatic heterocycles. The van der Waals surface area contributed by atoms with E-state index in [4.69, 9.17) is 9.47 Å². The highest BCUT2D eigenvalue weighted by Crippen LogP contribution is 1.94. The van der Waals surface area contributed by atoms with Gasteiger partial charge in [-0.3, -0.25) is 0 Å². The van der Waals surface area contributed by atoms with Crippen LogP contribution in [0.25, 0.3) is 0 Å². The first-order valence-corrected chi connectivity index (χ1v) is 5.27. The zero-order valence-corrected chi connectivity index (χ0v) is 9.84. The van der Waals surface area contributed by atoms with Crippen molar-refractivity contribution in [2.45, 2.75) is 26.8 Å². The molecule has 88 valence electrons. The lowest BCUT2D eigenvalue weighted by atomic mass is 10.2. The van der Waals surface area contributed by atoms with Gasteiger partial charge in [-0.25, -0.2) is 4.79 Å². The third-order valence-electron chi connectivity index (χ3n) is 1.80. The Morgan fingerprint density at radius 3 is 2.60 bits per heavy atom. The van der Waals surface area contributed by atoms with E-state index in [1.54, 1.807) is 6.92 Å². The number of carbonyl (C=O) groups is 1. The second-order valence-electron chi connectivity index (χ2n) is 3.27. The van der Waals surface area contributed by atoms with Crippen LogP contribution in [-0.2, 0) is 14.3 Å². The predicted molar refractivity (Wildman–Crippen MR) is 59.7 cm³/mol. The van der Waals surface area contributed by atoms with Gasteiger partial charge in [-0.05, 0) is 20.8 Å². The highest BCUT2D eigenvalue weighted by Gasteiger charge is 2.08. The van der Waals surface area contributed by atoms with Crippen LogP contribution in [0.5, 0.6) is 0 Å². The van der Waals surface area contributed by atoms with Crippen molar-refractivity contribution in [1.29, 1.82) is 0 Å². The Labute approximate surface area is 91.6 Å². The monoisotopic (exact) mass is 215 g/mol. The standard InChI is InChI=1S/C11H21NO3/c1-5-14-8-10(4)12-7-9(3)11(13)15-6-2/h10,12H,3,5-8H2,1-2,4H3. The lowest BCUT2D eigenvalue weighted by Crippen LogP contribution is -2.33. The van der Waals surface area contributed by atoms with E-state index in [1.807, 2.05) is 13.8 Å². The quantitative estimate of drug-likeness (QED) is 0.487. The SMILES string of the molecule is C=C(CNC(C)COCC)C(=O)OCC. The van der Waals surface area contributed by atoms with Crippen LogP contribution in [0, 0.1) is 0 Å². The summed E-state index contributed by atoms with van der Waals surface area (Å²) in [6.07, 6.45) is 0. The van der Waals surface area contributed by atoms with Crippen molar-refractivity contribution in [3.05, 3.63) is 12.2 Å². The summed E-state index contributed by atoms with van der Waals surface area (Å²) in [7, 11) is 0. The van der Waals surface area contributed by atoms with Crippen molar-refractivity contribution in [3.8, 4) is 0 Å². The van der Waals surface area contributed by atoms with E-state index in [1.165, 1.54) is 0 Å². The van der Waals surface area contributed by atoms with Gasteiger partial charge in [0.2, 0.25) is 0 Å². The fourth-order valence-corrected chi connectivity index (χ4v) is 0.956. The van der Waals surface area contributed by atoms with Crippen molar-refractivity contribution in [2.24, 2.45) is 0 Å². The molecule has 0 saturated heterocycles. The number of hydrogen-bond donors (Lipinski definition) is 1. The topological polar surface area (TPSA) is 47.6 Å². The molecule has 0 rings (SSSR count). The minimum Gasteiger partial charge on any atom is -0.463 e. The molecular weight excluding hydrogens is 194 g/mol. The van der Waals surface area contributed by atoms with Crippen LogP contribution < -0.4 is 5.32 Å². The van der Waals surface area contributed by atoms with Gasteiger partial charge in [-0.2, -0.15) is 0 Å². The van der Waals surface area contributed by atoms with Crippen LogP contribution >= 0.6 is 0 Å². The summed E-state index contributed by atoms with van der Waals surface area (Å²) in [5.74, 6) is -0.339. The van der Waals surface area contributed by atoms with E-state index in [0.717, 1.165) is 0 Å².